The number of hydrogen-bond donors (Lipinski definition) is 2. The SMILES string of the molecule is FCc1ccccc1-c1cnnc(Nc2n[nH]c3ccccc23)n1. The van der Waals surface area contributed by atoms with Gasteiger partial charge in [0.15, 0.2) is 5.82 Å². The topological polar surface area (TPSA) is 79.4 Å². The molecular formula is C17H13FN6. The van der Waals surface area contributed by atoms with Crippen molar-refractivity contribution in [1.29, 1.82) is 0 Å². The Hall–Kier alpha value is -3.35. The smallest absolute Gasteiger partial charge is 0.248 e. The zero-order valence-corrected chi connectivity index (χ0v) is 12.6. The molecule has 0 unspecified atom stereocenters. The van der Waals surface area contributed by atoms with Crippen molar-refractivity contribution >= 4 is 22.7 Å². The lowest BCUT2D eigenvalue weighted by atomic mass is 10.1. The summed E-state index contributed by atoms with van der Waals surface area (Å²) in [6, 6.07) is 14.9. The van der Waals surface area contributed by atoms with Crippen LogP contribution in [0.25, 0.3) is 22.2 Å². The van der Waals surface area contributed by atoms with Crippen molar-refractivity contribution in [2.45, 2.75) is 6.67 Å². The molecule has 7 heteroatoms. The molecular weight excluding hydrogens is 307 g/mol. The van der Waals surface area contributed by atoms with Gasteiger partial charge >= 0.3 is 0 Å². The van der Waals surface area contributed by atoms with Crippen molar-refractivity contribution in [3.8, 4) is 11.3 Å². The van der Waals surface area contributed by atoms with Crippen molar-refractivity contribution in [3.05, 3.63) is 60.3 Å². The van der Waals surface area contributed by atoms with Crippen molar-refractivity contribution in [2.24, 2.45) is 0 Å². The number of nitrogens with one attached hydrogen (secondary N) is 2. The molecule has 2 N–H and O–H groups in total. The molecule has 6 nitrogen and oxygen atoms in total. The third-order valence-corrected chi connectivity index (χ3v) is 3.70. The van der Waals surface area contributed by atoms with Gasteiger partial charge in [0.25, 0.3) is 0 Å². The first-order valence-electron chi connectivity index (χ1n) is 7.39. The van der Waals surface area contributed by atoms with E-state index in [1.165, 1.54) is 6.20 Å². The second-order valence-electron chi connectivity index (χ2n) is 5.20. The Balaban J connectivity index is 1.70. The summed E-state index contributed by atoms with van der Waals surface area (Å²) in [5.74, 6) is 0.918. The van der Waals surface area contributed by atoms with E-state index in [1.54, 1.807) is 12.1 Å². The first-order valence-corrected chi connectivity index (χ1v) is 7.39. The van der Waals surface area contributed by atoms with Gasteiger partial charge in [0.1, 0.15) is 6.67 Å². The van der Waals surface area contributed by atoms with Crippen LogP contribution in [0.3, 0.4) is 0 Å². The van der Waals surface area contributed by atoms with Crippen molar-refractivity contribution in [3.63, 3.8) is 0 Å². The zero-order chi connectivity index (χ0) is 16.4. The number of fused-ring (bicyclic) bond motifs is 1. The molecule has 4 rings (SSSR count). The number of aromatic nitrogens is 5. The Morgan fingerprint density at radius 3 is 2.79 bits per heavy atom. The van der Waals surface area contributed by atoms with E-state index in [0.717, 1.165) is 10.9 Å². The number of halogens is 1. The van der Waals surface area contributed by atoms with Gasteiger partial charge in [-0.05, 0) is 17.7 Å². The molecule has 0 atom stereocenters. The fourth-order valence-corrected chi connectivity index (χ4v) is 2.54. The minimum atomic E-state index is -0.563. The quantitative estimate of drug-likeness (QED) is 0.600. The van der Waals surface area contributed by atoms with E-state index in [1.807, 2.05) is 36.4 Å². The van der Waals surface area contributed by atoms with E-state index >= 15 is 0 Å². The molecule has 0 aliphatic rings. The van der Waals surface area contributed by atoms with Crippen LogP contribution in [0.15, 0.2) is 54.7 Å². The molecule has 4 aromatic rings. The molecule has 0 aliphatic heterocycles. The lowest BCUT2D eigenvalue weighted by Gasteiger charge is -2.07. The molecule has 0 saturated heterocycles. The van der Waals surface area contributed by atoms with Crippen LogP contribution in [-0.4, -0.2) is 25.4 Å². The molecule has 0 radical (unpaired) electrons. The highest BCUT2D eigenvalue weighted by atomic mass is 19.1. The Labute approximate surface area is 136 Å². The summed E-state index contributed by atoms with van der Waals surface area (Å²) in [6.45, 7) is -0.563. The summed E-state index contributed by atoms with van der Waals surface area (Å²) in [5, 5.41) is 19.1. The van der Waals surface area contributed by atoms with Crippen LogP contribution in [0.4, 0.5) is 16.2 Å². The number of anilines is 2. The van der Waals surface area contributed by atoms with Gasteiger partial charge in [-0.25, -0.2) is 9.37 Å². The van der Waals surface area contributed by atoms with Gasteiger partial charge in [-0.2, -0.15) is 10.2 Å². The highest BCUT2D eigenvalue weighted by molar-refractivity contribution is 5.90. The third kappa shape index (κ3) is 2.56. The fourth-order valence-electron chi connectivity index (χ4n) is 2.54. The van der Waals surface area contributed by atoms with Gasteiger partial charge in [0.05, 0.1) is 17.4 Å². The number of H-pyrrole nitrogens is 1. The summed E-state index contributed by atoms with van der Waals surface area (Å²) >= 11 is 0. The van der Waals surface area contributed by atoms with Crippen LogP contribution in [0.1, 0.15) is 5.56 Å². The minimum absolute atomic E-state index is 0.304. The number of para-hydroxylation sites is 1. The predicted molar refractivity (Wildman–Crippen MR) is 89.5 cm³/mol. The van der Waals surface area contributed by atoms with Gasteiger partial charge in [-0.15, -0.1) is 5.10 Å². The molecule has 0 fully saturated rings. The number of alkyl halides is 1. The summed E-state index contributed by atoms with van der Waals surface area (Å²) in [6.07, 6.45) is 1.52. The van der Waals surface area contributed by atoms with Crippen LogP contribution in [-0.2, 0) is 6.67 Å². The monoisotopic (exact) mass is 320 g/mol. The third-order valence-electron chi connectivity index (χ3n) is 3.70. The molecule has 0 spiro atoms. The van der Waals surface area contributed by atoms with Gasteiger partial charge in [0.2, 0.25) is 5.95 Å². The Morgan fingerprint density at radius 2 is 1.88 bits per heavy atom. The highest BCUT2D eigenvalue weighted by Gasteiger charge is 2.10. The maximum Gasteiger partial charge on any atom is 0.248 e. The van der Waals surface area contributed by atoms with Crippen LogP contribution >= 0.6 is 0 Å². The highest BCUT2D eigenvalue weighted by Crippen LogP contribution is 2.25. The second kappa shape index (κ2) is 6.04. The van der Waals surface area contributed by atoms with Crippen molar-refractivity contribution in [2.75, 3.05) is 5.32 Å². The average Bonchev–Trinajstić information content (AvgIpc) is 3.05. The lowest BCUT2D eigenvalue weighted by molar-refractivity contribution is 0.486. The molecule has 0 saturated carbocycles. The largest absolute Gasteiger partial charge is 0.305 e. The van der Waals surface area contributed by atoms with E-state index in [0.29, 0.717) is 28.6 Å². The lowest BCUT2D eigenvalue weighted by Crippen LogP contribution is -2.01. The normalized spacial score (nSPS) is 10.9. The molecule has 0 bridgehead atoms. The number of benzene rings is 2. The average molecular weight is 320 g/mol. The maximum absolute atomic E-state index is 13.2. The van der Waals surface area contributed by atoms with Gasteiger partial charge in [-0.1, -0.05) is 36.4 Å². The number of aromatic amines is 1. The summed E-state index contributed by atoms with van der Waals surface area (Å²) in [7, 11) is 0. The van der Waals surface area contributed by atoms with E-state index in [-0.39, 0.29) is 0 Å². The number of hydrogen-bond acceptors (Lipinski definition) is 5. The van der Waals surface area contributed by atoms with E-state index in [2.05, 4.69) is 30.7 Å². The first-order chi connectivity index (χ1) is 11.8. The number of nitrogens with zero attached hydrogens (tertiary/aromatic N) is 4. The minimum Gasteiger partial charge on any atom is -0.305 e. The van der Waals surface area contributed by atoms with Gasteiger partial charge < -0.3 is 5.32 Å². The van der Waals surface area contributed by atoms with Crippen LogP contribution < -0.4 is 5.32 Å². The molecule has 0 amide bonds. The molecule has 24 heavy (non-hydrogen) atoms. The maximum atomic E-state index is 13.2. The van der Waals surface area contributed by atoms with E-state index < -0.39 is 6.67 Å². The second-order valence-corrected chi connectivity index (χ2v) is 5.20. The molecule has 0 aliphatic carbocycles. The number of rotatable bonds is 4. The van der Waals surface area contributed by atoms with E-state index in [4.69, 9.17) is 0 Å². The standard InChI is InChI=1S/C17H13FN6/c18-9-11-5-1-2-6-12(11)15-10-19-24-17(20-15)21-16-13-7-3-4-8-14(13)22-23-16/h1-8,10H,9H2,(H2,20,21,22,23,24). The Bertz CT molecular complexity index is 997. The Morgan fingerprint density at radius 1 is 1.04 bits per heavy atom. The van der Waals surface area contributed by atoms with Crippen LogP contribution in [0, 0.1) is 0 Å². The van der Waals surface area contributed by atoms with Crippen LogP contribution in [0.2, 0.25) is 0 Å². The fraction of sp³-hybridized carbons (Fsp3) is 0.0588. The zero-order valence-electron chi connectivity index (χ0n) is 12.6. The van der Waals surface area contributed by atoms with E-state index in [9.17, 15) is 4.39 Å². The molecule has 2 aromatic carbocycles. The van der Waals surface area contributed by atoms with Crippen molar-refractivity contribution in [1.82, 2.24) is 25.4 Å². The summed E-state index contributed by atoms with van der Waals surface area (Å²) in [5.41, 5.74) is 2.73. The molecule has 118 valence electrons. The summed E-state index contributed by atoms with van der Waals surface area (Å²) < 4.78 is 13.2. The van der Waals surface area contributed by atoms with Crippen LogP contribution in [0.5, 0.6) is 0 Å². The van der Waals surface area contributed by atoms with Gasteiger partial charge in [0, 0.05) is 10.9 Å². The van der Waals surface area contributed by atoms with Gasteiger partial charge in [-0.3, -0.25) is 5.10 Å². The summed E-state index contributed by atoms with van der Waals surface area (Å²) in [4.78, 5) is 4.43. The molecule has 2 aromatic heterocycles. The molecule has 2 heterocycles. The first kappa shape index (κ1) is 14.3. The predicted octanol–water partition coefficient (Wildman–Crippen LogP) is 3.63. The Kier molecular flexibility index (Phi) is 3.59. The van der Waals surface area contributed by atoms with Crippen molar-refractivity contribution < 1.29 is 4.39 Å².